The smallest absolute Gasteiger partial charge is 0.244 e. The van der Waals surface area contributed by atoms with Crippen LogP contribution >= 0.6 is 0 Å². The summed E-state index contributed by atoms with van der Waals surface area (Å²) < 4.78 is 0. The van der Waals surface area contributed by atoms with Gasteiger partial charge in [-0.15, -0.1) is 0 Å². The van der Waals surface area contributed by atoms with E-state index in [0.717, 1.165) is 22.4 Å². The fourth-order valence-corrected chi connectivity index (χ4v) is 2.10. The molecule has 0 aliphatic rings. The highest BCUT2D eigenvalue weighted by molar-refractivity contribution is 5.91. The average molecular weight is 294 g/mol. The van der Waals surface area contributed by atoms with Crippen LogP contribution in [0, 0.1) is 6.92 Å². The van der Waals surface area contributed by atoms with Gasteiger partial charge in [-0.1, -0.05) is 36.4 Å². The highest BCUT2D eigenvalue weighted by Crippen LogP contribution is 2.12. The van der Waals surface area contributed by atoms with Crippen molar-refractivity contribution in [1.29, 1.82) is 0 Å². The lowest BCUT2D eigenvalue weighted by molar-refractivity contribution is -0.116. The molecule has 2 aromatic carbocycles. The highest BCUT2D eigenvalue weighted by Gasteiger charge is 1.99. The Morgan fingerprint density at radius 2 is 1.77 bits per heavy atom. The van der Waals surface area contributed by atoms with Crippen LogP contribution in [-0.4, -0.2) is 20.0 Å². The third-order valence-corrected chi connectivity index (χ3v) is 3.52. The molecule has 22 heavy (non-hydrogen) atoms. The summed E-state index contributed by atoms with van der Waals surface area (Å²) in [5.74, 6) is -0.0834. The van der Waals surface area contributed by atoms with Crippen molar-refractivity contribution < 1.29 is 4.79 Å². The first kappa shape index (κ1) is 15.8. The summed E-state index contributed by atoms with van der Waals surface area (Å²) in [6, 6.07) is 16.1. The molecule has 0 spiro atoms. The zero-order valence-corrected chi connectivity index (χ0v) is 13.3. The Bertz CT molecular complexity index is 657. The van der Waals surface area contributed by atoms with Crippen molar-refractivity contribution in [3.8, 4) is 0 Å². The lowest BCUT2D eigenvalue weighted by Crippen LogP contribution is -2.20. The zero-order valence-electron chi connectivity index (χ0n) is 13.3. The number of anilines is 1. The van der Waals surface area contributed by atoms with E-state index in [-0.39, 0.29) is 5.91 Å². The van der Waals surface area contributed by atoms with Crippen LogP contribution in [0.4, 0.5) is 5.69 Å². The van der Waals surface area contributed by atoms with Crippen molar-refractivity contribution in [3.05, 3.63) is 71.3 Å². The summed E-state index contributed by atoms with van der Waals surface area (Å²) in [5.41, 5.74) is 4.46. The second-order valence-electron chi connectivity index (χ2n) is 5.47. The van der Waals surface area contributed by atoms with E-state index in [0.29, 0.717) is 6.54 Å². The number of nitrogens with zero attached hydrogens (tertiary/aromatic N) is 1. The second kappa shape index (κ2) is 7.46. The summed E-state index contributed by atoms with van der Waals surface area (Å²) >= 11 is 0. The molecule has 0 fully saturated rings. The predicted octanol–water partition coefficient (Wildman–Crippen LogP) is 3.39. The molecule has 0 aliphatic heterocycles. The van der Waals surface area contributed by atoms with Gasteiger partial charge in [0.2, 0.25) is 5.91 Å². The first-order chi connectivity index (χ1) is 10.6. The Balaban J connectivity index is 1.89. The first-order valence-electron chi connectivity index (χ1n) is 7.34. The van der Waals surface area contributed by atoms with Gasteiger partial charge in [0.1, 0.15) is 0 Å². The van der Waals surface area contributed by atoms with E-state index >= 15 is 0 Å². The van der Waals surface area contributed by atoms with Crippen LogP contribution in [0.5, 0.6) is 0 Å². The molecular formula is C19H22N2O. The molecule has 3 nitrogen and oxygen atoms in total. The molecule has 114 valence electrons. The molecule has 2 rings (SSSR count). The maximum atomic E-state index is 11.9. The van der Waals surface area contributed by atoms with Gasteiger partial charge in [0.05, 0.1) is 0 Å². The van der Waals surface area contributed by atoms with E-state index in [1.54, 1.807) is 6.08 Å². The minimum atomic E-state index is -0.0834. The second-order valence-corrected chi connectivity index (χ2v) is 5.47. The highest BCUT2D eigenvalue weighted by atomic mass is 16.1. The number of carbonyl (C=O) groups is 1. The van der Waals surface area contributed by atoms with Crippen molar-refractivity contribution in [2.45, 2.75) is 13.5 Å². The molecule has 3 heteroatoms. The lowest BCUT2D eigenvalue weighted by atomic mass is 10.1. The molecule has 1 amide bonds. The van der Waals surface area contributed by atoms with Crippen molar-refractivity contribution in [3.63, 3.8) is 0 Å². The van der Waals surface area contributed by atoms with Crippen molar-refractivity contribution in [2.24, 2.45) is 0 Å². The summed E-state index contributed by atoms with van der Waals surface area (Å²) in [7, 11) is 4.01. The van der Waals surface area contributed by atoms with E-state index in [1.807, 2.05) is 80.5 Å². The minimum absolute atomic E-state index is 0.0834. The van der Waals surface area contributed by atoms with Crippen molar-refractivity contribution >= 4 is 17.7 Å². The maximum absolute atomic E-state index is 11.9. The number of nitrogens with one attached hydrogen (secondary N) is 1. The molecule has 0 radical (unpaired) electrons. The van der Waals surface area contributed by atoms with Crippen molar-refractivity contribution in [2.75, 3.05) is 19.0 Å². The average Bonchev–Trinajstić information content (AvgIpc) is 2.52. The number of carbonyl (C=O) groups excluding carboxylic acids is 1. The molecule has 0 bridgehead atoms. The van der Waals surface area contributed by atoms with Gasteiger partial charge >= 0.3 is 0 Å². The molecule has 0 aliphatic carbocycles. The van der Waals surface area contributed by atoms with Crippen LogP contribution in [0.25, 0.3) is 6.08 Å². The van der Waals surface area contributed by atoms with Crippen LogP contribution in [0.2, 0.25) is 0 Å². The molecule has 0 saturated carbocycles. The molecule has 0 heterocycles. The number of amides is 1. The van der Waals surface area contributed by atoms with Gasteiger partial charge in [0, 0.05) is 32.4 Å². The van der Waals surface area contributed by atoms with Crippen molar-refractivity contribution in [1.82, 2.24) is 5.32 Å². The summed E-state index contributed by atoms with van der Waals surface area (Å²) in [5, 5.41) is 2.90. The number of hydrogen-bond donors (Lipinski definition) is 1. The van der Waals surface area contributed by atoms with E-state index in [4.69, 9.17) is 0 Å². The van der Waals surface area contributed by atoms with Crippen LogP contribution in [0.1, 0.15) is 16.7 Å². The Kier molecular flexibility index (Phi) is 5.37. The standard InChI is InChI=1S/C19H22N2O/c1-15-6-4-5-7-17(15)10-13-19(22)20-14-16-8-11-18(12-9-16)21(2)3/h4-13H,14H2,1-3H3,(H,20,22)/b13-10+. The normalized spacial score (nSPS) is 10.7. The Hall–Kier alpha value is -2.55. The van der Waals surface area contributed by atoms with Crippen LogP contribution in [0.15, 0.2) is 54.6 Å². The van der Waals surface area contributed by atoms with Gasteiger partial charge < -0.3 is 10.2 Å². The largest absolute Gasteiger partial charge is 0.378 e. The van der Waals surface area contributed by atoms with Gasteiger partial charge in [-0.2, -0.15) is 0 Å². The summed E-state index contributed by atoms with van der Waals surface area (Å²) in [4.78, 5) is 13.9. The predicted molar refractivity (Wildman–Crippen MR) is 92.8 cm³/mol. The Morgan fingerprint density at radius 3 is 2.41 bits per heavy atom. The van der Waals surface area contributed by atoms with E-state index in [1.165, 1.54) is 0 Å². The van der Waals surface area contributed by atoms with E-state index < -0.39 is 0 Å². The van der Waals surface area contributed by atoms with Crippen LogP contribution < -0.4 is 10.2 Å². The number of rotatable bonds is 5. The first-order valence-corrected chi connectivity index (χ1v) is 7.34. The third-order valence-electron chi connectivity index (χ3n) is 3.52. The SMILES string of the molecule is Cc1ccccc1/C=C/C(=O)NCc1ccc(N(C)C)cc1. The molecule has 0 atom stereocenters. The summed E-state index contributed by atoms with van der Waals surface area (Å²) in [6.07, 6.45) is 3.43. The molecule has 0 aromatic heterocycles. The van der Waals surface area contributed by atoms with Gasteiger partial charge in [-0.25, -0.2) is 0 Å². The fraction of sp³-hybridized carbons (Fsp3) is 0.211. The number of hydrogen-bond acceptors (Lipinski definition) is 2. The molecule has 2 aromatic rings. The lowest BCUT2D eigenvalue weighted by Gasteiger charge is -2.12. The quantitative estimate of drug-likeness (QED) is 0.857. The summed E-state index contributed by atoms with van der Waals surface area (Å²) in [6.45, 7) is 2.56. The van der Waals surface area contributed by atoms with Gasteiger partial charge in [0.15, 0.2) is 0 Å². The Morgan fingerprint density at radius 1 is 1.09 bits per heavy atom. The number of aryl methyl sites for hydroxylation is 1. The van der Waals surface area contributed by atoms with Crippen LogP contribution in [-0.2, 0) is 11.3 Å². The molecule has 0 unspecified atom stereocenters. The topological polar surface area (TPSA) is 32.3 Å². The van der Waals surface area contributed by atoms with Gasteiger partial charge in [-0.05, 0) is 41.8 Å². The monoisotopic (exact) mass is 294 g/mol. The molecule has 0 saturated heterocycles. The zero-order chi connectivity index (χ0) is 15.9. The molecular weight excluding hydrogens is 272 g/mol. The minimum Gasteiger partial charge on any atom is -0.378 e. The Labute approximate surface area is 132 Å². The van der Waals surface area contributed by atoms with Gasteiger partial charge in [-0.3, -0.25) is 4.79 Å². The fourth-order valence-electron chi connectivity index (χ4n) is 2.10. The number of benzene rings is 2. The molecule has 1 N–H and O–H groups in total. The van der Waals surface area contributed by atoms with Crippen LogP contribution in [0.3, 0.4) is 0 Å². The van der Waals surface area contributed by atoms with Gasteiger partial charge in [0.25, 0.3) is 0 Å². The van der Waals surface area contributed by atoms with E-state index in [2.05, 4.69) is 5.32 Å². The third kappa shape index (κ3) is 4.48. The maximum Gasteiger partial charge on any atom is 0.244 e. The van der Waals surface area contributed by atoms with E-state index in [9.17, 15) is 4.79 Å².